The number of benzene rings is 18. The smallest absolute Gasteiger partial charge is 0.175 e. The molecule has 0 saturated heterocycles. The van der Waals surface area contributed by atoms with Crippen LogP contribution in [0.15, 0.2) is 382 Å². The van der Waals surface area contributed by atoms with Crippen molar-refractivity contribution in [2.75, 3.05) is 0 Å². The van der Waals surface area contributed by atoms with Crippen molar-refractivity contribution in [1.82, 2.24) is 33.6 Å². The number of rotatable bonds is 7. The van der Waals surface area contributed by atoms with E-state index in [2.05, 4.69) is 238 Å². The zero-order valence-corrected chi connectivity index (χ0v) is 68.3. The zero-order valence-electron chi connectivity index (χ0n) is 65.6. The Bertz CT molecular complexity index is 7950. The molecule has 3 atom stereocenters. The molecule has 568 valence electrons. The monoisotopic (exact) mass is 1600 g/mol. The molecule has 0 spiro atoms. The van der Waals surface area contributed by atoms with Crippen LogP contribution < -0.4 is 47.7 Å². The second-order valence-corrected chi connectivity index (χ2v) is 39.5. The summed E-state index contributed by atoms with van der Waals surface area (Å²) < 4.78 is 53.0. The van der Waals surface area contributed by atoms with Crippen molar-refractivity contribution in [3.63, 3.8) is 0 Å². The summed E-state index contributed by atoms with van der Waals surface area (Å²) in [7, 11) is -9.52. The summed E-state index contributed by atoms with van der Waals surface area (Å²) in [6.07, 6.45) is 1.85. The lowest BCUT2D eigenvalue weighted by Crippen LogP contribution is -2.33. The maximum Gasteiger partial charge on any atom is 0.175 e. The van der Waals surface area contributed by atoms with Crippen molar-refractivity contribution >= 4 is 167 Å². The highest BCUT2D eigenvalue weighted by atomic mass is 31.2. The molecule has 0 aliphatic carbocycles. The van der Waals surface area contributed by atoms with Gasteiger partial charge in [-0.15, -0.1) is 0 Å². The van der Waals surface area contributed by atoms with Crippen LogP contribution in [0, 0.1) is 20.8 Å². The van der Waals surface area contributed by atoms with E-state index >= 15 is 13.7 Å². The van der Waals surface area contributed by atoms with E-state index in [-0.39, 0.29) is 0 Å². The molecule has 3 aliphatic heterocycles. The molecule has 0 saturated carbocycles. The van der Waals surface area contributed by atoms with Gasteiger partial charge in [0.25, 0.3) is 0 Å². The molecule has 3 unspecified atom stereocenters. The van der Waals surface area contributed by atoms with Gasteiger partial charge in [0.2, 0.25) is 0 Å². The van der Waals surface area contributed by atoms with Crippen molar-refractivity contribution in [2.45, 2.75) is 20.8 Å². The van der Waals surface area contributed by atoms with E-state index in [9.17, 15) is 0 Å². The van der Waals surface area contributed by atoms with E-state index in [1.54, 1.807) is 0 Å². The second kappa shape index (κ2) is 27.4. The van der Waals surface area contributed by atoms with Crippen LogP contribution in [0.3, 0.4) is 0 Å². The van der Waals surface area contributed by atoms with Crippen molar-refractivity contribution < 1.29 is 13.7 Å². The number of aryl methyl sites for hydroxylation is 3. The fourth-order valence-corrected chi connectivity index (χ4v) is 28.5. The molecule has 18 aromatic carbocycles. The molecule has 0 N–H and O–H groups in total. The van der Waals surface area contributed by atoms with E-state index in [0.717, 1.165) is 170 Å². The lowest BCUT2D eigenvalue weighted by Gasteiger charge is -2.29. The van der Waals surface area contributed by atoms with E-state index in [4.69, 9.17) is 19.9 Å². The Kier molecular flexibility index (Phi) is 16.3. The number of fused-ring (bicyclic) bond motifs is 15. The number of nitrogens with zero attached hydrogens (tertiary/aromatic N) is 7. The van der Waals surface area contributed by atoms with Crippen molar-refractivity contribution in [1.29, 1.82) is 0 Å². The first-order chi connectivity index (χ1) is 58.9. The molecule has 4 aromatic heterocycles. The summed E-state index contributed by atoms with van der Waals surface area (Å²) in [4.78, 5) is 19.3. The number of imidazole rings is 3. The third-order valence-corrected chi connectivity index (χ3v) is 34.1. The van der Waals surface area contributed by atoms with Gasteiger partial charge in [-0.3, -0.25) is 18.7 Å². The van der Waals surface area contributed by atoms with Crippen LogP contribution in [0.5, 0.6) is 0 Å². The van der Waals surface area contributed by atoms with Gasteiger partial charge in [0, 0.05) is 64.7 Å². The Morgan fingerprint density at radius 1 is 0.233 bits per heavy atom. The number of para-hydroxylation sites is 3. The molecule has 10 nitrogen and oxygen atoms in total. The standard InChI is InChI=1S/C40H27N2OP.C34H23N2OP.C33H22N3OP/c1-26-41-36-16-9-17-38-40(36)42(26)37-23-22-29(25-39(37)44(38,43)31-11-3-2-4-12-31)27-18-20-28(21-19-27)35-24-30-10-5-6-13-32(30)33-14-7-8-15-34(33)35;1-22-35-30-16-9-17-32-34(30)36(22)31-19-18-24(21-33(31)38(32,37)25-11-3-2-4-12-25)29-20-23-10-5-6-13-26(23)27-14-7-8-15-28(27)29;1-21-35-28-14-7-15-30-33(28)36(21)29-17-16-23(20-31(29)38(30,37)24-10-3-2-4-11-24)27-19-22-9-5-6-12-25(22)32-26(27)13-8-18-34-32/h2-25H,1H3;2-21H,1H3;2-20H,1H3. The molecule has 0 fully saturated rings. The summed E-state index contributed by atoms with van der Waals surface area (Å²) in [5, 5.41) is 20.8. The normalized spacial score (nSPS) is 16.0. The first-order valence-electron chi connectivity index (χ1n) is 40.5. The van der Waals surface area contributed by atoms with Crippen LogP contribution >= 0.6 is 21.4 Å². The highest BCUT2D eigenvalue weighted by molar-refractivity contribution is 7.87. The number of hydrogen-bond acceptors (Lipinski definition) is 7. The molecular formula is C107H72N7O3P3. The SMILES string of the molecule is Cc1nc2cccc3c2n1-c1ccc(-c2cc4ccccc4c4ccccc24)cc1P3(=O)c1ccccc1.Cc1nc2cccc3c2n1-c1ccc(-c2cc4ccccc4c4ncccc24)cc1P3(=O)c1ccccc1.Cc1nc2cccc3c2n1-c1ccc(-c2ccc(-c4cc5ccccc5c5ccccc45)cc2)cc1P3(=O)c1ccccc1. The second-order valence-electron chi connectivity index (χ2n) is 31.4. The minimum atomic E-state index is -3.18. The molecule has 0 bridgehead atoms. The van der Waals surface area contributed by atoms with Gasteiger partial charge in [-0.25, -0.2) is 15.0 Å². The molecule has 3 aliphatic rings. The first-order valence-corrected chi connectivity index (χ1v) is 45.6. The van der Waals surface area contributed by atoms with Crippen LogP contribution in [0.2, 0.25) is 0 Å². The average Bonchev–Trinajstić information content (AvgIpc) is 1.44. The van der Waals surface area contributed by atoms with Gasteiger partial charge >= 0.3 is 0 Å². The molecule has 25 rings (SSSR count). The van der Waals surface area contributed by atoms with Crippen LogP contribution in [0.4, 0.5) is 0 Å². The van der Waals surface area contributed by atoms with Gasteiger partial charge < -0.3 is 13.7 Å². The minimum absolute atomic E-state index is 0.834. The topological polar surface area (TPSA) is 118 Å². The quantitative estimate of drug-likeness (QED) is 0.115. The summed E-state index contributed by atoms with van der Waals surface area (Å²) >= 11 is 0. The molecule has 120 heavy (non-hydrogen) atoms. The van der Waals surface area contributed by atoms with Gasteiger partial charge in [0.15, 0.2) is 21.4 Å². The van der Waals surface area contributed by atoms with E-state index in [0.29, 0.717) is 0 Å². The maximum absolute atomic E-state index is 15.5. The third-order valence-electron chi connectivity index (χ3n) is 24.8. The van der Waals surface area contributed by atoms with Gasteiger partial charge in [-0.2, -0.15) is 0 Å². The van der Waals surface area contributed by atoms with E-state index < -0.39 is 21.4 Å². The van der Waals surface area contributed by atoms with Gasteiger partial charge in [0.05, 0.1) is 55.7 Å². The van der Waals surface area contributed by atoms with Crippen LogP contribution in [0.25, 0.3) is 159 Å². The Hall–Kier alpha value is -14.2. The van der Waals surface area contributed by atoms with Gasteiger partial charge in [0.1, 0.15) is 17.5 Å². The van der Waals surface area contributed by atoms with E-state index in [1.807, 2.05) is 179 Å². The predicted octanol–water partition coefficient (Wildman–Crippen LogP) is 22.8. The van der Waals surface area contributed by atoms with Crippen molar-refractivity contribution in [2.24, 2.45) is 0 Å². The lowest BCUT2D eigenvalue weighted by molar-refractivity contribution is 0.591. The third kappa shape index (κ3) is 10.7. The molecule has 22 aromatic rings. The van der Waals surface area contributed by atoms with Crippen LogP contribution in [-0.4, -0.2) is 33.6 Å². The molecule has 13 heteroatoms. The minimum Gasteiger partial charge on any atom is -0.308 e. The van der Waals surface area contributed by atoms with Crippen LogP contribution in [-0.2, 0) is 13.7 Å². The van der Waals surface area contributed by atoms with Crippen LogP contribution in [0.1, 0.15) is 17.5 Å². The number of hydrogen-bond donors (Lipinski definition) is 0. The Morgan fingerprint density at radius 3 is 0.958 bits per heavy atom. The maximum atomic E-state index is 15.5. The highest BCUT2D eigenvalue weighted by Gasteiger charge is 2.43. The summed E-state index contributed by atoms with van der Waals surface area (Å²) in [5.74, 6) is 2.69. The van der Waals surface area contributed by atoms with Crippen molar-refractivity contribution in [3.8, 4) is 61.6 Å². The lowest BCUT2D eigenvalue weighted by atomic mass is 9.92. The molecule has 7 heterocycles. The zero-order chi connectivity index (χ0) is 80.3. The average molecular weight is 1600 g/mol. The Balaban J connectivity index is 0.000000105. The van der Waals surface area contributed by atoms with Gasteiger partial charge in [-0.05, 0) is 211 Å². The predicted molar refractivity (Wildman–Crippen MR) is 501 cm³/mol. The summed E-state index contributed by atoms with van der Waals surface area (Å²) in [6, 6.07) is 129. The Labute approximate surface area is 691 Å². The summed E-state index contributed by atoms with van der Waals surface area (Å²) in [5.41, 5.74) is 18.1. The molecule has 0 radical (unpaired) electrons. The largest absolute Gasteiger partial charge is 0.308 e. The number of aromatic nitrogens is 7. The number of pyridine rings is 1. The first kappa shape index (κ1) is 71.1. The molecule has 0 amide bonds. The van der Waals surface area contributed by atoms with Gasteiger partial charge in [-0.1, -0.05) is 279 Å². The fourth-order valence-electron chi connectivity index (χ4n) is 19.4. The van der Waals surface area contributed by atoms with E-state index in [1.165, 1.54) is 54.2 Å². The highest BCUT2D eigenvalue weighted by Crippen LogP contribution is 2.54. The summed E-state index contributed by atoms with van der Waals surface area (Å²) in [6.45, 7) is 6.06. The Morgan fingerprint density at radius 2 is 0.542 bits per heavy atom. The van der Waals surface area contributed by atoms with Crippen molar-refractivity contribution in [3.05, 3.63) is 400 Å². The molecular weight excluding hydrogens is 1520 g/mol. The fraction of sp³-hybridized carbons (Fsp3) is 0.0280.